The monoisotopic (exact) mass is 202 g/mol. The second-order valence-electron chi connectivity index (χ2n) is 4.50. The van der Waals surface area contributed by atoms with Crippen molar-refractivity contribution >= 4 is 11.9 Å². The van der Waals surface area contributed by atoms with Crippen LogP contribution in [0.4, 0.5) is 0 Å². The number of hydrogen-bond acceptors (Lipinski definition) is 1. The van der Waals surface area contributed by atoms with Crippen molar-refractivity contribution in [1.82, 2.24) is 0 Å². The van der Waals surface area contributed by atoms with Gasteiger partial charge in [-0.2, -0.15) is 0 Å². The van der Waals surface area contributed by atoms with E-state index in [4.69, 9.17) is 5.73 Å². The van der Waals surface area contributed by atoms with E-state index in [9.17, 15) is 0 Å². The molecule has 0 amide bonds. The molecule has 1 rings (SSSR count). The molecule has 0 bridgehead atoms. The number of hydrogen-bond donors (Lipinski definition) is 1. The summed E-state index contributed by atoms with van der Waals surface area (Å²) >= 11 is 0. The van der Waals surface area contributed by atoms with E-state index in [1.807, 2.05) is 45.0 Å². The van der Waals surface area contributed by atoms with Gasteiger partial charge in [0, 0.05) is 5.56 Å². The summed E-state index contributed by atoms with van der Waals surface area (Å²) in [6.07, 6.45) is 1.80. The molecule has 2 heteroatoms. The zero-order valence-corrected chi connectivity index (χ0v) is 9.62. The predicted molar refractivity (Wildman–Crippen MR) is 67.0 cm³/mol. The molecule has 0 aliphatic heterocycles. The normalized spacial score (nSPS) is 12.6. The van der Waals surface area contributed by atoms with Crippen LogP contribution in [0.15, 0.2) is 35.8 Å². The van der Waals surface area contributed by atoms with Gasteiger partial charge in [0.1, 0.15) is 5.84 Å². The van der Waals surface area contributed by atoms with Gasteiger partial charge in [-0.15, -0.1) is 0 Å². The van der Waals surface area contributed by atoms with Gasteiger partial charge in [-0.3, -0.25) is 4.99 Å². The minimum absolute atomic E-state index is 0.145. The molecular formula is C13H18N2. The van der Waals surface area contributed by atoms with Gasteiger partial charge in [-0.1, -0.05) is 30.9 Å². The number of nitrogens with zero attached hydrogens (tertiary/aromatic N) is 1. The second-order valence-corrected chi connectivity index (χ2v) is 4.50. The molecule has 0 aliphatic rings. The number of nitrogens with two attached hydrogens (primary N) is 1. The van der Waals surface area contributed by atoms with Gasteiger partial charge in [0.05, 0.1) is 5.54 Å². The molecule has 0 aliphatic carbocycles. The van der Waals surface area contributed by atoms with Crippen molar-refractivity contribution in [2.45, 2.75) is 26.3 Å². The Kier molecular flexibility index (Phi) is 3.30. The van der Waals surface area contributed by atoms with Gasteiger partial charge in [0.2, 0.25) is 0 Å². The Balaban J connectivity index is 3.06. The minimum atomic E-state index is -0.145. The maximum atomic E-state index is 5.92. The Bertz CT molecular complexity index is 384. The highest BCUT2D eigenvalue weighted by Crippen LogP contribution is 2.11. The van der Waals surface area contributed by atoms with Crippen molar-refractivity contribution in [3.05, 3.63) is 42.0 Å². The minimum Gasteiger partial charge on any atom is -0.383 e. The van der Waals surface area contributed by atoms with E-state index in [-0.39, 0.29) is 5.54 Å². The fourth-order valence-electron chi connectivity index (χ4n) is 1.25. The van der Waals surface area contributed by atoms with Gasteiger partial charge in [0.15, 0.2) is 0 Å². The molecule has 0 heterocycles. The lowest BCUT2D eigenvalue weighted by atomic mass is 10.1. The van der Waals surface area contributed by atoms with Crippen molar-refractivity contribution in [3.8, 4) is 0 Å². The molecule has 0 radical (unpaired) electrons. The molecule has 0 aromatic heterocycles. The summed E-state index contributed by atoms with van der Waals surface area (Å²) in [5.41, 5.74) is 7.78. The summed E-state index contributed by atoms with van der Waals surface area (Å²) in [6, 6.07) is 7.88. The lowest BCUT2D eigenvalue weighted by molar-refractivity contribution is 0.583. The molecule has 0 spiro atoms. The van der Waals surface area contributed by atoms with E-state index < -0.39 is 0 Å². The highest BCUT2D eigenvalue weighted by atomic mass is 14.9. The Labute approximate surface area is 91.5 Å². The van der Waals surface area contributed by atoms with Crippen LogP contribution in [-0.2, 0) is 0 Å². The summed E-state index contributed by atoms with van der Waals surface area (Å²) in [7, 11) is 0. The molecular weight excluding hydrogens is 184 g/mol. The molecule has 2 N–H and O–H groups in total. The van der Waals surface area contributed by atoms with Crippen LogP contribution in [0, 0.1) is 0 Å². The highest BCUT2D eigenvalue weighted by molar-refractivity contribution is 5.98. The molecule has 0 saturated heterocycles. The van der Waals surface area contributed by atoms with Crippen LogP contribution in [0.25, 0.3) is 6.08 Å². The molecule has 0 unspecified atom stereocenters. The molecule has 1 aromatic rings. The summed E-state index contributed by atoms with van der Waals surface area (Å²) < 4.78 is 0. The van der Waals surface area contributed by atoms with Gasteiger partial charge in [0.25, 0.3) is 0 Å². The maximum Gasteiger partial charge on any atom is 0.126 e. The molecule has 2 nitrogen and oxygen atoms in total. The second kappa shape index (κ2) is 4.30. The van der Waals surface area contributed by atoms with E-state index in [1.54, 1.807) is 6.08 Å². The molecule has 0 atom stereocenters. The standard InChI is InChI=1S/C13H18N2/c1-5-10-7-6-8-11(9-10)12(14)15-13(2,3)4/h5-9H,1H2,2-4H3,(H2,14,15). The topological polar surface area (TPSA) is 38.4 Å². The lowest BCUT2D eigenvalue weighted by Crippen LogP contribution is -2.21. The van der Waals surface area contributed by atoms with Crippen LogP contribution >= 0.6 is 0 Å². The first-order valence-corrected chi connectivity index (χ1v) is 5.00. The van der Waals surface area contributed by atoms with Crippen LogP contribution in [-0.4, -0.2) is 11.4 Å². The van der Waals surface area contributed by atoms with Crippen LogP contribution in [0.1, 0.15) is 31.9 Å². The van der Waals surface area contributed by atoms with Crippen LogP contribution in [0.2, 0.25) is 0 Å². The van der Waals surface area contributed by atoms with Crippen molar-refractivity contribution in [2.24, 2.45) is 10.7 Å². The zero-order valence-electron chi connectivity index (χ0n) is 9.62. The Morgan fingerprint density at radius 2 is 2.07 bits per heavy atom. The summed E-state index contributed by atoms with van der Waals surface area (Å²) in [5.74, 6) is 0.575. The Morgan fingerprint density at radius 3 is 2.60 bits per heavy atom. The first kappa shape index (κ1) is 11.5. The fraction of sp³-hybridized carbons (Fsp3) is 0.308. The van der Waals surface area contributed by atoms with Gasteiger partial charge in [-0.05, 0) is 32.4 Å². The van der Waals surface area contributed by atoms with E-state index in [2.05, 4.69) is 11.6 Å². The van der Waals surface area contributed by atoms with Crippen LogP contribution in [0.3, 0.4) is 0 Å². The summed E-state index contributed by atoms with van der Waals surface area (Å²) in [4.78, 5) is 4.42. The number of aliphatic imine (C=N–C) groups is 1. The van der Waals surface area contributed by atoms with Gasteiger partial charge < -0.3 is 5.73 Å². The first-order chi connectivity index (χ1) is 6.92. The molecule has 1 aromatic carbocycles. The first-order valence-electron chi connectivity index (χ1n) is 5.00. The zero-order chi connectivity index (χ0) is 11.5. The van der Waals surface area contributed by atoms with Crippen LogP contribution < -0.4 is 5.73 Å². The third-order valence-electron chi connectivity index (χ3n) is 1.87. The Hall–Kier alpha value is -1.57. The maximum absolute atomic E-state index is 5.92. The number of amidine groups is 1. The van der Waals surface area contributed by atoms with Gasteiger partial charge in [-0.25, -0.2) is 0 Å². The number of rotatable bonds is 2. The molecule has 0 fully saturated rings. The van der Waals surface area contributed by atoms with E-state index in [0.717, 1.165) is 11.1 Å². The molecule has 0 saturated carbocycles. The smallest absolute Gasteiger partial charge is 0.126 e. The quantitative estimate of drug-likeness (QED) is 0.581. The molecule has 80 valence electrons. The van der Waals surface area contributed by atoms with Crippen molar-refractivity contribution in [1.29, 1.82) is 0 Å². The van der Waals surface area contributed by atoms with E-state index >= 15 is 0 Å². The number of benzene rings is 1. The third-order valence-corrected chi connectivity index (χ3v) is 1.87. The highest BCUT2D eigenvalue weighted by Gasteiger charge is 2.09. The predicted octanol–water partition coefficient (Wildman–Crippen LogP) is 2.83. The summed E-state index contributed by atoms with van der Waals surface area (Å²) in [5, 5.41) is 0. The molecule has 15 heavy (non-hydrogen) atoms. The van der Waals surface area contributed by atoms with E-state index in [1.165, 1.54) is 0 Å². The SMILES string of the molecule is C=Cc1cccc(C(N)=NC(C)(C)C)c1. The van der Waals surface area contributed by atoms with Crippen LogP contribution in [0.5, 0.6) is 0 Å². The lowest BCUT2D eigenvalue weighted by Gasteiger charge is -2.13. The van der Waals surface area contributed by atoms with E-state index in [0.29, 0.717) is 5.84 Å². The average Bonchev–Trinajstić information content (AvgIpc) is 2.15. The van der Waals surface area contributed by atoms with Gasteiger partial charge >= 0.3 is 0 Å². The fourth-order valence-corrected chi connectivity index (χ4v) is 1.25. The third kappa shape index (κ3) is 3.58. The largest absolute Gasteiger partial charge is 0.383 e. The summed E-state index contributed by atoms with van der Waals surface area (Å²) in [6.45, 7) is 9.80. The van der Waals surface area contributed by atoms with Crippen molar-refractivity contribution < 1.29 is 0 Å². The average molecular weight is 202 g/mol. The Morgan fingerprint density at radius 1 is 1.40 bits per heavy atom. The van der Waals surface area contributed by atoms with Crippen molar-refractivity contribution in [2.75, 3.05) is 0 Å². The van der Waals surface area contributed by atoms with Crippen molar-refractivity contribution in [3.63, 3.8) is 0 Å².